The van der Waals surface area contributed by atoms with Crippen molar-refractivity contribution in [3.05, 3.63) is 54.7 Å². The summed E-state index contributed by atoms with van der Waals surface area (Å²) in [6.45, 7) is 0. The van der Waals surface area contributed by atoms with Gasteiger partial charge in [0.25, 0.3) is 0 Å². The molecule has 9 heteroatoms. The van der Waals surface area contributed by atoms with E-state index in [1.165, 1.54) is 12.1 Å². The number of nitrogens with zero attached hydrogens (tertiary/aromatic N) is 3. The highest BCUT2D eigenvalue weighted by Gasteiger charge is 2.57. The van der Waals surface area contributed by atoms with Gasteiger partial charge in [-0.25, -0.2) is 4.39 Å². The Balaban J connectivity index is 1.49. The maximum atomic E-state index is 14.5. The van der Waals surface area contributed by atoms with Crippen LogP contribution in [0, 0.1) is 11.2 Å². The van der Waals surface area contributed by atoms with E-state index in [4.69, 9.17) is 9.84 Å². The third kappa shape index (κ3) is 3.66. The first-order valence-electron chi connectivity index (χ1n) is 8.85. The minimum atomic E-state index is -1.40. The Morgan fingerprint density at radius 1 is 1.28 bits per heavy atom. The summed E-state index contributed by atoms with van der Waals surface area (Å²) >= 11 is 0. The van der Waals surface area contributed by atoms with Crippen LogP contribution in [-0.2, 0) is 16.6 Å². The van der Waals surface area contributed by atoms with Crippen molar-refractivity contribution >= 4 is 17.6 Å². The lowest BCUT2D eigenvalue weighted by Crippen LogP contribution is -2.31. The third-order valence-electron chi connectivity index (χ3n) is 4.74. The third-order valence-corrected chi connectivity index (χ3v) is 4.74. The van der Waals surface area contributed by atoms with Crippen LogP contribution in [0.3, 0.4) is 0 Å². The smallest absolute Gasteiger partial charge is 0.319 e. The van der Waals surface area contributed by atoms with E-state index in [9.17, 15) is 14.0 Å². The van der Waals surface area contributed by atoms with Gasteiger partial charge in [0.2, 0.25) is 5.91 Å². The quantitative estimate of drug-likeness (QED) is 0.620. The fourth-order valence-electron chi connectivity index (χ4n) is 2.89. The predicted octanol–water partition coefficient (Wildman–Crippen LogP) is 3.22. The first kappa shape index (κ1) is 18.6. The number of aryl methyl sites for hydroxylation is 1. The number of carbonyl (C=O) groups is 2. The van der Waals surface area contributed by atoms with Crippen LogP contribution in [-0.4, -0.2) is 31.7 Å². The molecule has 2 aromatic heterocycles. The number of rotatable bonds is 6. The summed E-state index contributed by atoms with van der Waals surface area (Å²) in [7, 11) is 1.79. The molecule has 1 amide bonds. The Morgan fingerprint density at radius 2 is 2.07 bits per heavy atom. The monoisotopic (exact) mass is 396 g/mol. The summed E-state index contributed by atoms with van der Waals surface area (Å²) in [4.78, 5) is 27.6. The highest BCUT2D eigenvalue weighted by molar-refractivity contribution is 6.10. The number of ether oxygens (including phenoxy) is 1. The molecule has 0 radical (unpaired) electrons. The molecule has 0 saturated heterocycles. The standard InChI is InChI=1S/C20H17FN4O4/c1-25-11-12(10-23-25)16-9-14(4-7-22-16)29-17-3-2-13(8-15(17)21)24-18(26)20(5-6-20)19(27)28/h2-4,7-11H,5-6H2,1H3,(H,24,26)(H,27,28). The highest BCUT2D eigenvalue weighted by atomic mass is 19.1. The van der Waals surface area contributed by atoms with Crippen LogP contribution in [0.4, 0.5) is 10.1 Å². The molecule has 148 valence electrons. The average molecular weight is 396 g/mol. The Labute approximate surface area is 165 Å². The summed E-state index contributed by atoms with van der Waals surface area (Å²) in [5.41, 5.74) is 0.191. The van der Waals surface area contributed by atoms with E-state index in [-0.39, 0.29) is 24.3 Å². The number of halogens is 1. The molecule has 1 fully saturated rings. The molecule has 8 nitrogen and oxygen atoms in total. The van der Waals surface area contributed by atoms with Crippen LogP contribution < -0.4 is 10.1 Å². The van der Waals surface area contributed by atoms with Crippen LogP contribution in [0.2, 0.25) is 0 Å². The minimum absolute atomic E-state index is 0.0364. The largest absolute Gasteiger partial charge is 0.480 e. The Hall–Kier alpha value is -3.75. The molecule has 1 aromatic carbocycles. The number of carboxylic acid groups (broad SMARTS) is 1. The van der Waals surface area contributed by atoms with Crippen molar-refractivity contribution in [2.75, 3.05) is 5.32 Å². The summed E-state index contributed by atoms with van der Waals surface area (Å²) in [5, 5.41) is 15.7. The predicted molar refractivity (Wildman–Crippen MR) is 101 cm³/mol. The summed E-state index contributed by atoms with van der Waals surface area (Å²) in [5.74, 6) is -2.16. The molecule has 0 unspecified atom stereocenters. The van der Waals surface area contributed by atoms with Crippen molar-refractivity contribution in [1.29, 1.82) is 0 Å². The highest BCUT2D eigenvalue weighted by Crippen LogP contribution is 2.46. The van der Waals surface area contributed by atoms with E-state index < -0.39 is 23.1 Å². The lowest BCUT2D eigenvalue weighted by molar-refractivity contribution is -0.147. The molecule has 0 atom stereocenters. The van der Waals surface area contributed by atoms with Gasteiger partial charge in [0.05, 0.1) is 11.9 Å². The number of carboxylic acids is 1. The molecule has 0 aliphatic heterocycles. The van der Waals surface area contributed by atoms with Gasteiger partial charge < -0.3 is 15.2 Å². The number of aliphatic carboxylic acids is 1. The van der Waals surface area contributed by atoms with Gasteiger partial charge in [-0.15, -0.1) is 0 Å². The molecule has 1 aliphatic rings. The average Bonchev–Trinajstić information content (AvgIpc) is 3.40. The maximum Gasteiger partial charge on any atom is 0.319 e. The molecule has 0 spiro atoms. The van der Waals surface area contributed by atoms with Gasteiger partial charge in [-0.2, -0.15) is 5.10 Å². The second-order valence-corrected chi connectivity index (χ2v) is 6.87. The first-order chi connectivity index (χ1) is 13.9. The zero-order chi connectivity index (χ0) is 20.6. The molecule has 1 aliphatic carbocycles. The van der Waals surface area contributed by atoms with Gasteiger partial charge in [0, 0.05) is 42.8 Å². The van der Waals surface area contributed by atoms with Crippen molar-refractivity contribution < 1.29 is 23.8 Å². The van der Waals surface area contributed by atoms with Crippen molar-refractivity contribution in [3.8, 4) is 22.8 Å². The molecule has 1 saturated carbocycles. The first-order valence-corrected chi connectivity index (χ1v) is 8.85. The molecule has 0 bridgehead atoms. The zero-order valence-corrected chi connectivity index (χ0v) is 15.4. The van der Waals surface area contributed by atoms with Crippen molar-refractivity contribution in [1.82, 2.24) is 14.8 Å². The van der Waals surface area contributed by atoms with Gasteiger partial charge in [0.1, 0.15) is 11.2 Å². The number of carbonyl (C=O) groups excluding carboxylic acids is 1. The topological polar surface area (TPSA) is 106 Å². The second-order valence-electron chi connectivity index (χ2n) is 6.87. The summed E-state index contributed by atoms with van der Waals surface area (Å²) < 4.78 is 21.7. The molecule has 29 heavy (non-hydrogen) atoms. The molecule has 4 rings (SSSR count). The van der Waals surface area contributed by atoms with Crippen molar-refractivity contribution in [2.45, 2.75) is 12.8 Å². The number of hydrogen-bond donors (Lipinski definition) is 2. The lowest BCUT2D eigenvalue weighted by Gasteiger charge is -2.12. The Bertz CT molecular complexity index is 1110. The van der Waals surface area contributed by atoms with Gasteiger partial charge in [-0.05, 0) is 31.0 Å². The van der Waals surface area contributed by atoms with Gasteiger partial charge in [0.15, 0.2) is 11.6 Å². The number of amides is 1. The number of benzene rings is 1. The summed E-state index contributed by atoms with van der Waals surface area (Å²) in [6, 6.07) is 7.18. The second kappa shape index (κ2) is 7.01. The van der Waals surface area contributed by atoms with Gasteiger partial charge in [-0.3, -0.25) is 19.3 Å². The van der Waals surface area contributed by atoms with E-state index in [2.05, 4.69) is 15.4 Å². The van der Waals surface area contributed by atoms with Crippen LogP contribution >= 0.6 is 0 Å². The van der Waals surface area contributed by atoms with Crippen molar-refractivity contribution in [2.24, 2.45) is 12.5 Å². The maximum absolute atomic E-state index is 14.5. The van der Waals surface area contributed by atoms with Gasteiger partial charge in [-0.1, -0.05) is 0 Å². The summed E-state index contributed by atoms with van der Waals surface area (Å²) in [6.07, 6.45) is 5.56. The Morgan fingerprint density at radius 3 is 2.69 bits per heavy atom. The van der Waals surface area contributed by atoms with Crippen LogP contribution in [0.1, 0.15) is 12.8 Å². The SMILES string of the molecule is Cn1cc(-c2cc(Oc3ccc(NC(=O)C4(C(=O)O)CC4)cc3F)ccn2)cn1. The minimum Gasteiger partial charge on any atom is -0.480 e. The molecule has 2 heterocycles. The molecule has 3 aromatic rings. The lowest BCUT2D eigenvalue weighted by atomic mass is 10.1. The van der Waals surface area contributed by atoms with E-state index in [0.717, 1.165) is 11.6 Å². The zero-order valence-electron chi connectivity index (χ0n) is 15.4. The normalized spacial score (nSPS) is 14.3. The number of nitrogens with one attached hydrogen (secondary N) is 1. The Kier molecular flexibility index (Phi) is 4.50. The van der Waals surface area contributed by atoms with E-state index in [1.807, 2.05) is 0 Å². The fourth-order valence-corrected chi connectivity index (χ4v) is 2.89. The van der Waals surface area contributed by atoms with Crippen LogP contribution in [0.15, 0.2) is 48.9 Å². The van der Waals surface area contributed by atoms with Gasteiger partial charge >= 0.3 is 5.97 Å². The van der Waals surface area contributed by atoms with Crippen LogP contribution in [0.25, 0.3) is 11.3 Å². The fraction of sp³-hybridized carbons (Fsp3) is 0.200. The van der Waals surface area contributed by atoms with Crippen LogP contribution in [0.5, 0.6) is 11.5 Å². The number of aromatic nitrogens is 3. The molecule has 2 N–H and O–H groups in total. The van der Waals surface area contributed by atoms with E-state index in [0.29, 0.717) is 11.4 Å². The molecular formula is C20H17FN4O4. The van der Waals surface area contributed by atoms with E-state index >= 15 is 0 Å². The number of hydrogen-bond acceptors (Lipinski definition) is 5. The number of pyridine rings is 1. The number of anilines is 1. The van der Waals surface area contributed by atoms with E-state index in [1.54, 1.807) is 42.5 Å². The molecular weight excluding hydrogens is 379 g/mol. The van der Waals surface area contributed by atoms with Crippen molar-refractivity contribution in [3.63, 3.8) is 0 Å².